The van der Waals surface area contributed by atoms with Gasteiger partial charge >= 0.3 is 12.1 Å². The van der Waals surface area contributed by atoms with E-state index in [0.29, 0.717) is 0 Å². The van der Waals surface area contributed by atoms with Crippen molar-refractivity contribution < 1.29 is 30.9 Å². The van der Waals surface area contributed by atoms with Crippen LogP contribution in [-0.2, 0) is 16.2 Å². The van der Waals surface area contributed by atoms with Crippen molar-refractivity contribution in [3.8, 4) is 11.4 Å². The molecule has 0 radical (unpaired) electrons. The molecular formula is C13H12F3N3O4S. The van der Waals surface area contributed by atoms with Crippen molar-refractivity contribution in [2.75, 3.05) is 19.8 Å². The third kappa shape index (κ3) is 4.17. The monoisotopic (exact) mass is 363 g/mol. The molecule has 0 bridgehead atoms. The van der Waals surface area contributed by atoms with Crippen LogP contribution in [0.15, 0.2) is 28.8 Å². The number of nitrogens with zero attached hydrogens (tertiary/aromatic N) is 3. The molecule has 1 aromatic heterocycles. The van der Waals surface area contributed by atoms with Gasteiger partial charge in [-0.15, -0.1) is 0 Å². The van der Waals surface area contributed by atoms with Crippen LogP contribution in [-0.4, -0.2) is 48.5 Å². The quantitative estimate of drug-likeness (QED) is 0.753. The van der Waals surface area contributed by atoms with Gasteiger partial charge in [-0.1, -0.05) is 29.4 Å². The molecule has 0 aliphatic rings. The highest BCUT2D eigenvalue weighted by Crippen LogP contribution is 2.29. The molecule has 11 heteroatoms. The highest BCUT2D eigenvalue weighted by Gasteiger charge is 2.38. The number of ketones is 1. The molecule has 0 amide bonds. The molecule has 0 saturated heterocycles. The number of alkyl halides is 3. The summed E-state index contributed by atoms with van der Waals surface area (Å²) in [6.07, 6.45) is -3.77. The fraction of sp³-hybridized carbons (Fsp3) is 0.308. The number of benzene rings is 1. The summed E-state index contributed by atoms with van der Waals surface area (Å²) in [5.74, 6) is -2.19. The summed E-state index contributed by atoms with van der Waals surface area (Å²) in [6.45, 7) is -0.349. The number of carbonyl (C=O) groups excluding carboxylic acids is 1. The predicted octanol–water partition coefficient (Wildman–Crippen LogP) is 1.83. The van der Waals surface area contributed by atoms with Crippen molar-refractivity contribution in [1.82, 2.24) is 14.4 Å². The second-order valence-electron chi connectivity index (χ2n) is 4.94. The highest BCUT2D eigenvalue weighted by atomic mass is 32.2. The number of Topliss-reactive ketones (excluding diaryl/α,β-unsaturated/α-hetero) is 1. The first kappa shape index (κ1) is 18.1. The van der Waals surface area contributed by atoms with Crippen LogP contribution in [0.25, 0.3) is 11.4 Å². The molecule has 2 rings (SSSR count). The van der Waals surface area contributed by atoms with Crippen molar-refractivity contribution in [2.45, 2.75) is 6.18 Å². The maximum Gasteiger partial charge on any atom is 0.471 e. The van der Waals surface area contributed by atoms with Gasteiger partial charge in [0.25, 0.3) is 0 Å². The summed E-state index contributed by atoms with van der Waals surface area (Å²) < 4.78 is 64.8. The van der Waals surface area contributed by atoms with E-state index in [9.17, 15) is 26.4 Å². The molecule has 130 valence electrons. The smallest absolute Gasteiger partial charge is 0.329 e. The number of hydrogen-bond donors (Lipinski definition) is 0. The SMILES string of the molecule is CN(CC(=O)c1ccc(-c2noc(C(F)(F)F)n2)cc1)S(C)(=O)=O. The molecule has 0 aliphatic heterocycles. The lowest BCUT2D eigenvalue weighted by Crippen LogP contribution is -2.31. The Labute approximate surface area is 135 Å². The van der Waals surface area contributed by atoms with Gasteiger partial charge in [0, 0.05) is 18.2 Å². The van der Waals surface area contributed by atoms with E-state index in [4.69, 9.17) is 0 Å². The van der Waals surface area contributed by atoms with Crippen LogP contribution in [0.3, 0.4) is 0 Å². The summed E-state index contributed by atoms with van der Waals surface area (Å²) in [5.41, 5.74) is 0.427. The van der Waals surface area contributed by atoms with Crippen LogP contribution in [0.4, 0.5) is 13.2 Å². The van der Waals surface area contributed by atoms with Crippen molar-refractivity contribution in [3.05, 3.63) is 35.7 Å². The Balaban J connectivity index is 2.16. The van der Waals surface area contributed by atoms with Crippen LogP contribution in [0.1, 0.15) is 16.2 Å². The van der Waals surface area contributed by atoms with E-state index < -0.39 is 27.9 Å². The molecule has 7 nitrogen and oxygen atoms in total. The minimum Gasteiger partial charge on any atom is -0.329 e. The molecule has 0 N–H and O–H groups in total. The van der Waals surface area contributed by atoms with Gasteiger partial charge in [0.15, 0.2) is 5.78 Å². The molecular weight excluding hydrogens is 351 g/mol. The van der Waals surface area contributed by atoms with Crippen LogP contribution in [0.5, 0.6) is 0 Å². The van der Waals surface area contributed by atoms with E-state index in [2.05, 4.69) is 14.7 Å². The molecule has 0 spiro atoms. The van der Waals surface area contributed by atoms with E-state index in [1.54, 1.807) is 0 Å². The molecule has 0 unspecified atom stereocenters. The summed E-state index contributed by atoms with van der Waals surface area (Å²) in [5, 5.41) is 3.23. The summed E-state index contributed by atoms with van der Waals surface area (Å²) >= 11 is 0. The zero-order chi connectivity index (χ0) is 18.1. The Morgan fingerprint density at radius 1 is 1.25 bits per heavy atom. The molecule has 0 saturated carbocycles. The average molecular weight is 363 g/mol. The summed E-state index contributed by atoms with van der Waals surface area (Å²) in [7, 11) is -2.23. The number of aromatic nitrogens is 2. The van der Waals surface area contributed by atoms with Gasteiger partial charge < -0.3 is 4.52 Å². The molecule has 0 atom stereocenters. The predicted molar refractivity (Wildman–Crippen MR) is 76.5 cm³/mol. The van der Waals surface area contributed by atoms with Crippen molar-refractivity contribution in [1.29, 1.82) is 0 Å². The van der Waals surface area contributed by atoms with Crippen molar-refractivity contribution in [3.63, 3.8) is 0 Å². The Morgan fingerprint density at radius 3 is 2.29 bits per heavy atom. The third-order valence-corrected chi connectivity index (χ3v) is 4.33. The molecule has 1 heterocycles. The minimum atomic E-state index is -4.74. The van der Waals surface area contributed by atoms with E-state index in [1.165, 1.54) is 31.3 Å². The number of rotatable bonds is 5. The van der Waals surface area contributed by atoms with Crippen LogP contribution in [0, 0.1) is 0 Å². The van der Waals surface area contributed by atoms with Gasteiger partial charge in [0.05, 0.1) is 12.8 Å². The average Bonchev–Trinajstić information content (AvgIpc) is 2.96. The van der Waals surface area contributed by atoms with Crippen LogP contribution >= 0.6 is 0 Å². The zero-order valence-corrected chi connectivity index (χ0v) is 13.3. The molecule has 24 heavy (non-hydrogen) atoms. The van der Waals surface area contributed by atoms with E-state index in [1.807, 2.05) is 0 Å². The van der Waals surface area contributed by atoms with Gasteiger partial charge in [0.2, 0.25) is 15.8 Å². The standard InChI is InChI=1S/C13H12F3N3O4S/c1-19(24(2,21)22)7-10(20)8-3-5-9(6-4-8)11-17-12(23-18-11)13(14,15)16/h3-6H,7H2,1-2H3. The van der Waals surface area contributed by atoms with Gasteiger partial charge in [0.1, 0.15) is 0 Å². The number of halogens is 3. The van der Waals surface area contributed by atoms with Gasteiger partial charge in [-0.25, -0.2) is 8.42 Å². The maximum atomic E-state index is 12.4. The fourth-order valence-electron chi connectivity index (χ4n) is 1.67. The second-order valence-corrected chi connectivity index (χ2v) is 7.03. The second kappa shape index (κ2) is 6.32. The number of sulfonamides is 1. The lowest BCUT2D eigenvalue weighted by atomic mass is 10.1. The van der Waals surface area contributed by atoms with Crippen LogP contribution in [0.2, 0.25) is 0 Å². The summed E-state index contributed by atoms with van der Waals surface area (Å²) in [4.78, 5) is 15.2. The topological polar surface area (TPSA) is 93.4 Å². The summed E-state index contributed by atoms with van der Waals surface area (Å²) in [6, 6.07) is 5.38. The van der Waals surface area contributed by atoms with Gasteiger partial charge in [-0.05, 0) is 0 Å². The molecule has 1 aromatic carbocycles. The Bertz CT molecular complexity index is 844. The number of likely N-dealkylation sites (N-methyl/N-ethyl adjacent to an activating group) is 1. The third-order valence-electron chi connectivity index (χ3n) is 3.07. The zero-order valence-electron chi connectivity index (χ0n) is 12.5. The lowest BCUT2D eigenvalue weighted by Gasteiger charge is -2.12. The Kier molecular flexibility index (Phi) is 4.76. The van der Waals surface area contributed by atoms with Crippen molar-refractivity contribution in [2.24, 2.45) is 0 Å². The van der Waals surface area contributed by atoms with E-state index in [0.717, 1.165) is 10.6 Å². The normalized spacial score (nSPS) is 12.6. The lowest BCUT2D eigenvalue weighted by molar-refractivity contribution is -0.159. The first-order chi connectivity index (χ1) is 11.0. The molecule has 0 fully saturated rings. The van der Waals surface area contributed by atoms with Gasteiger partial charge in [-0.3, -0.25) is 4.79 Å². The first-order valence-electron chi connectivity index (χ1n) is 6.44. The largest absolute Gasteiger partial charge is 0.471 e. The Morgan fingerprint density at radius 2 is 1.83 bits per heavy atom. The minimum absolute atomic E-state index is 0.203. The van der Waals surface area contributed by atoms with E-state index >= 15 is 0 Å². The van der Waals surface area contributed by atoms with E-state index in [-0.39, 0.29) is 23.5 Å². The first-order valence-corrected chi connectivity index (χ1v) is 8.29. The Hall–Kier alpha value is -2.27. The number of carbonyl (C=O) groups is 1. The molecule has 2 aromatic rings. The maximum absolute atomic E-state index is 12.4. The van der Waals surface area contributed by atoms with Gasteiger partial charge in [-0.2, -0.15) is 22.5 Å². The van der Waals surface area contributed by atoms with Crippen molar-refractivity contribution >= 4 is 15.8 Å². The fourth-order valence-corrected chi connectivity index (χ4v) is 2.02. The molecule has 0 aliphatic carbocycles. The number of hydrogen-bond acceptors (Lipinski definition) is 6. The van der Waals surface area contributed by atoms with Crippen LogP contribution < -0.4 is 0 Å². The highest BCUT2D eigenvalue weighted by molar-refractivity contribution is 7.88.